The van der Waals surface area contributed by atoms with E-state index < -0.39 is 21.7 Å². The van der Waals surface area contributed by atoms with Gasteiger partial charge in [-0.05, 0) is 49.8 Å². The number of carbonyl (C=O) groups excluding carboxylic acids is 1. The molecule has 2 fully saturated rings. The van der Waals surface area contributed by atoms with Crippen molar-refractivity contribution in [3.05, 3.63) is 29.6 Å². The highest BCUT2D eigenvalue weighted by Gasteiger charge is 2.30. The monoisotopic (exact) mass is 396 g/mol. The van der Waals surface area contributed by atoms with Gasteiger partial charge >= 0.3 is 0 Å². The minimum absolute atomic E-state index is 0.0102. The Kier molecular flexibility index (Phi) is 6.52. The Hall–Kier alpha value is -1.47. The Morgan fingerprint density at radius 2 is 1.81 bits per heavy atom. The summed E-state index contributed by atoms with van der Waals surface area (Å²) in [5.41, 5.74) is -0.189. The second kappa shape index (κ2) is 8.69. The molecule has 150 valence electrons. The highest BCUT2D eigenvalue weighted by Crippen LogP contribution is 2.25. The number of sulfonamides is 1. The van der Waals surface area contributed by atoms with Gasteiger partial charge in [0, 0.05) is 19.1 Å². The minimum atomic E-state index is -3.72. The highest BCUT2D eigenvalue weighted by atomic mass is 32.2. The second-order valence-corrected chi connectivity index (χ2v) is 9.85. The molecule has 1 amide bonds. The van der Waals surface area contributed by atoms with Crippen LogP contribution in [0, 0.1) is 11.7 Å². The molecule has 0 spiro atoms. The number of hydrogen-bond donors (Lipinski definition) is 1. The summed E-state index contributed by atoms with van der Waals surface area (Å²) in [5.74, 6) is -0.914. The Morgan fingerprint density at radius 3 is 2.48 bits per heavy atom. The quantitative estimate of drug-likeness (QED) is 0.789. The molecule has 1 atom stereocenters. The number of nitrogens with one attached hydrogen (secondary N) is 1. The normalized spacial score (nSPS) is 23.0. The zero-order valence-corrected chi connectivity index (χ0v) is 16.7. The van der Waals surface area contributed by atoms with Crippen molar-refractivity contribution in [1.82, 2.24) is 9.62 Å². The molecule has 7 heteroatoms. The van der Waals surface area contributed by atoms with Crippen LogP contribution < -0.4 is 5.32 Å². The van der Waals surface area contributed by atoms with Gasteiger partial charge in [-0.3, -0.25) is 4.79 Å². The number of rotatable bonds is 4. The molecule has 0 radical (unpaired) electrons. The van der Waals surface area contributed by atoms with Crippen molar-refractivity contribution < 1.29 is 17.6 Å². The summed E-state index contributed by atoms with van der Waals surface area (Å²) in [6, 6.07) is 3.56. The fourth-order valence-electron chi connectivity index (χ4n) is 4.04. The van der Waals surface area contributed by atoms with E-state index in [4.69, 9.17) is 0 Å². The highest BCUT2D eigenvalue weighted by molar-refractivity contribution is 7.89. The molecular formula is C20H29FN2O3S. The predicted octanol–water partition coefficient (Wildman–Crippen LogP) is 3.70. The van der Waals surface area contributed by atoms with Crippen molar-refractivity contribution in [2.24, 2.45) is 5.92 Å². The van der Waals surface area contributed by atoms with Gasteiger partial charge < -0.3 is 5.32 Å². The van der Waals surface area contributed by atoms with E-state index in [1.54, 1.807) is 0 Å². The van der Waals surface area contributed by atoms with Gasteiger partial charge in [-0.2, -0.15) is 4.31 Å². The van der Waals surface area contributed by atoms with Crippen molar-refractivity contribution in [3.8, 4) is 0 Å². The van der Waals surface area contributed by atoms with Crippen molar-refractivity contribution in [3.63, 3.8) is 0 Å². The van der Waals surface area contributed by atoms with Gasteiger partial charge in [0.05, 0.1) is 10.5 Å². The molecule has 0 bridgehead atoms. The molecule has 1 aliphatic heterocycles. The van der Waals surface area contributed by atoms with Crippen LogP contribution in [-0.4, -0.2) is 37.8 Å². The molecule has 0 aromatic heterocycles. The Bertz CT molecular complexity index is 773. The lowest BCUT2D eigenvalue weighted by atomic mass is 10.0. The molecule has 1 heterocycles. The molecule has 1 aromatic carbocycles. The van der Waals surface area contributed by atoms with Crippen LogP contribution in [0.2, 0.25) is 0 Å². The summed E-state index contributed by atoms with van der Waals surface area (Å²) in [6.07, 6.45) is 8.00. The van der Waals surface area contributed by atoms with Gasteiger partial charge in [0.25, 0.3) is 5.91 Å². The van der Waals surface area contributed by atoms with Crippen molar-refractivity contribution in [2.45, 2.75) is 69.2 Å². The summed E-state index contributed by atoms with van der Waals surface area (Å²) in [7, 11) is -3.72. The molecular weight excluding hydrogens is 367 g/mol. The van der Waals surface area contributed by atoms with Gasteiger partial charge in [-0.15, -0.1) is 0 Å². The molecule has 2 aliphatic rings. The van der Waals surface area contributed by atoms with E-state index >= 15 is 0 Å². The van der Waals surface area contributed by atoms with E-state index in [1.807, 2.05) is 6.92 Å². The maximum absolute atomic E-state index is 14.3. The molecule has 1 N–H and O–H groups in total. The Balaban J connectivity index is 1.79. The van der Waals surface area contributed by atoms with E-state index in [2.05, 4.69) is 5.32 Å². The summed E-state index contributed by atoms with van der Waals surface area (Å²) in [4.78, 5) is 12.6. The third-order valence-electron chi connectivity index (χ3n) is 5.63. The van der Waals surface area contributed by atoms with E-state index in [0.717, 1.165) is 57.4 Å². The largest absolute Gasteiger partial charge is 0.349 e. The van der Waals surface area contributed by atoms with E-state index in [-0.39, 0.29) is 16.5 Å². The molecule has 1 saturated heterocycles. The summed E-state index contributed by atoms with van der Waals surface area (Å²) >= 11 is 0. The first-order valence-corrected chi connectivity index (χ1v) is 11.4. The van der Waals surface area contributed by atoms with Gasteiger partial charge in [0.1, 0.15) is 5.82 Å². The molecule has 1 aliphatic carbocycles. The van der Waals surface area contributed by atoms with Gasteiger partial charge in [0.2, 0.25) is 10.0 Å². The topological polar surface area (TPSA) is 66.5 Å². The fourth-order valence-corrected chi connectivity index (χ4v) is 5.66. The lowest BCUT2D eigenvalue weighted by molar-refractivity contribution is 0.0929. The number of piperidine rings is 1. The average Bonchev–Trinajstić information content (AvgIpc) is 2.90. The number of carbonyl (C=O) groups is 1. The van der Waals surface area contributed by atoms with Crippen LogP contribution in [0.25, 0.3) is 0 Å². The zero-order chi connectivity index (χ0) is 19.4. The van der Waals surface area contributed by atoms with Gasteiger partial charge in [-0.1, -0.05) is 32.6 Å². The molecule has 0 unspecified atom stereocenters. The maximum Gasteiger partial charge on any atom is 0.254 e. The van der Waals surface area contributed by atoms with E-state index in [1.165, 1.54) is 16.4 Å². The first-order chi connectivity index (χ1) is 12.9. The number of halogens is 1. The molecule has 1 aromatic rings. The third kappa shape index (κ3) is 4.88. The average molecular weight is 397 g/mol. The van der Waals surface area contributed by atoms with Crippen LogP contribution >= 0.6 is 0 Å². The summed E-state index contributed by atoms with van der Waals surface area (Å²) in [6.45, 7) is 2.95. The van der Waals surface area contributed by atoms with Crippen LogP contribution in [0.3, 0.4) is 0 Å². The van der Waals surface area contributed by atoms with Gasteiger partial charge in [-0.25, -0.2) is 12.8 Å². The van der Waals surface area contributed by atoms with E-state index in [0.29, 0.717) is 19.0 Å². The molecule has 3 rings (SSSR count). The summed E-state index contributed by atoms with van der Waals surface area (Å²) in [5, 5.41) is 2.89. The van der Waals surface area contributed by atoms with Crippen LogP contribution in [0.4, 0.5) is 4.39 Å². The number of nitrogens with zero attached hydrogens (tertiary/aromatic N) is 1. The fraction of sp³-hybridized carbons (Fsp3) is 0.650. The molecule has 27 heavy (non-hydrogen) atoms. The first-order valence-electron chi connectivity index (χ1n) is 9.98. The van der Waals surface area contributed by atoms with Crippen LogP contribution in [0.1, 0.15) is 68.6 Å². The lowest BCUT2D eigenvalue weighted by Crippen LogP contribution is -2.39. The Labute approximate surface area is 161 Å². The van der Waals surface area contributed by atoms with Crippen molar-refractivity contribution >= 4 is 15.9 Å². The van der Waals surface area contributed by atoms with Crippen LogP contribution in [0.5, 0.6) is 0 Å². The zero-order valence-electron chi connectivity index (χ0n) is 15.9. The van der Waals surface area contributed by atoms with Crippen molar-refractivity contribution in [1.29, 1.82) is 0 Å². The minimum Gasteiger partial charge on any atom is -0.349 e. The molecule has 1 saturated carbocycles. The van der Waals surface area contributed by atoms with Crippen molar-refractivity contribution in [2.75, 3.05) is 13.1 Å². The Morgan fingerprint density at radius 1 is 1.11 bits per heavy atom. The summed E-state index contributed by atoms with van der Waals surface area (Å²) < 4.78 is 41.6. The smallest absolute Gasteiger partial charge is 0.254 e. The molecule has 5 nitrogen and oxygen atoms in total. The van der Waals surface area contributed by atoms with Gasteiger partial charge in [0.15, 0.2) is 0 Å². The second-order valence-electron chi connectivity index (χ2n) is 7.91. The van der Waals surface area contributed by atoms with Crippen LogP contribution in [-0.2, 0) is 10.0 Å². The number of amides is 1. The number of hydrogen-bond acceptors (Lipinski definition) is 3. The van der Waals surface area contributed by atoms with E-state index in [9.17, 15) is 17.6 Å². The van der Waals surface area contributed by atoms with Crippen LogP contribution in [0.15, 0.2) is 23.1 Å². The SMILES string of the molecule is C[C@@H]1CCCN(S(=O)(=O)c2ccc(F)c(C(=O)NC3CCCCCC3)c2)C1. The number of benzene rings is 1. The first kappa shape index (κ1) is 20.3. The lowest BCUT2D eigenvalue weighted by Gasteiger charge is -2.30. The third-order valence-corrected chi connectivity index (χ3v) is 7.49. The standard InChI is InChI=1S/C20H29FN2O3S/c1-15-7-6-12-23(14-15)27(25,26)17-10-11-19(21)18(13-17)20(24)22-16-8-4-2-3-5-9-16/h10-11,13,15-16H,2-9,12,14H2,1H3,(H,22,24)/t15-/m1/s1. The maximum atomic E-state index is 14.3. The predicted molar refractivity (Wildman–Crippen MR) is 103 cm³/mol.